The maximum atomic E-state index is 14.3. The van der Waals surface area contributed by atoms with E-state index in [1.165, 1.54) is 12.1 Å². The number of carbonyl (C=O) groups is 1. The number of fused-ring (bicyclic) bond motifs is 4. The second-order valence-corrected chi connectivity index (χ2v) is 9.10. The standard InChI is InChI=1S/C23H26ClFN2O2/c1-14(2)9-10-20-16-11-15(19-7-4-8-21(28)27(19)20)12-26(13-16)23(29)22-17(24)5-3-6-18(22)25/h3-8,14-16,20H,9-13H2,1-2H3/t15-,16+,20+/m1/s1. The largest absolute Gasteiger partial charge is 0.337 e. The Kier molecular flexibility index (Phi) is 5.52. The topological polar surface area (TPSA) is 42.3 Å². The van der Waals surface area contributed by atoms with Gasteiger partial charge in [-0.1, -0.05) is 37.6 Å². The van der Waals surface area contributed by atoms with Crippen LogP contribution in [0.25, 0.3) is 0 Å². The molecule has 4 nitrogen and oxygen atoms in total. The first-order valence-corrected chi connectivity index (χ1v) is 10.7. The minimum atomic E-state index is -0.591. The average Bonchev–Trinajstić information content (AvgIpc) is 2.67. The number of hydrogen-bond donors (Lipinski definition) is 0. The van der Waals surface area contributed by atoms with Crippen molar-refractivity contribution in [3.63, 3.8) is 0 Å². The van der Waals surface area contributed by atoms with Gasteiger partial charge in [0, 0.05) is 36.8 Å². The van der Waals surface area contributed by atoms with Crippen LogP contribution in [0.4, 0.5) is 4.39 Å². The SMILES string of the molecule is CC(C)CC[C@H]1[C@H]2C[C@H](CN(C(=O)c3c(F)cccc3Cl)C2)c2cccc(=O)n21. The number of aromatic nitrogens is 1. The lowest BCUT2D eigenvalue weighted by atomic mass is 9.76. The van der Waals surface area contributed by atoms with Gasteiger partial charge in [-0.15, -0.1) is 0 Å². The number of hydrogen-bond acceptors (Lipinski definition) is 2. The van der Waals surface area contributed by atoms with Gasteiger partial charge in [0.1, 0.15) is 5.82 Å². The molecule has 1 aromatic carbocycles. The molecule has 3 heterocycles. The average molecular weight is 417 g/mol. The summed E-state index contributed by atoms with van der Waals surface area (Å²) in [6.45, 7) is 5.35. The van der Waals surface area contributed by atoms with Crippen LogP contribution in [0.3, 0.4) is 0 Å². The highest BCUT2D eigenvalue weighted by Gasteiger charge is 2.42. The lowest BCUT2D eigenvalue weighted by Gasteiger charge is -2.47. The van der Waals surface area contributed by atoms with Crippen molar-refractivity contribution in [1.29, 1.82) is 0 Å². The number of rotatable bonds is 4. The van der Waals surface area contributed by atoms with Crippen LogP contribution in [0, 0.1) is 17.7 Å². The summed E-state index contributed by atoms with van der Waals surface area (Å²) in [5.41, 5.74) is 0.959. The number of amides is 1. The molecule has 2 aliphatic rings. The summed E-state index contributed by atoms with van der Waals surface area (Å²) < 4.78 is 16.3. The first-order valence-electron chi connectivity index (χ1n) is 10.3. The quantitative estimate of drug-likeness (QED) is 0.713. The van der Waals surface area contributed by atoms with Crippen LogP contribution in [-0.2, 0) is 0 Å². The maximum Gasteiger partial charge on any atom is 0.258 e. The minimum absolute atomic E-state index is 0.0304. The highest BCUT2D eigenvalue weighted by atomic mass is 35.5. The normalized spacial score (nSPS) is 23.2. The molecule has 6 heteroatoms. The second kappa shape index (κ2) is 7.94. The van der Waals surface area contributed by atoms with Crippen molar-refractivity contribution in [1.82, 2.24) is 9.47 Å². The molecule has 29 heavy (non-hydrogen) atoms. The first kappa shape index (κ1) is 20.1. The fourth-order valence-corrected chi connectivity index (χ4v) is 5.19. The van der Waals surface area contributed by atoms with Crippen molar-refractivity contribution in [2.45, 2.75) is 45.1 Å². The molecule has 2 bridgehead atoms. The molecular formula is C23H26ClFN2O2. The molecule has 2 aromatic rings. The molecule has 4 rings (SSSR count). The second-order valence-electron chi connectivity index (χ2n) is 8.70. The van der Waals surface area contributed by atoms with E-state index in [9.17, 15) is 14.0 Å². The number of piperidine rings is 1. The number of nitrogens with zero attached hydrogens (tertiary/aromatic N) is 2. The van der Waals surface area contributed by atoms with Crippen LogP contribution < -0.4 is 5.56 Å². The Morgan fingerprint density at radius 2 is 1.97 bits per heavy atom. The highest BCUT2D eigenvalue weighted by molar-refractivity contribution is 6.33. The molecule has 0 spiro atoms. The van der Waals surface area contributed by atoms with Crippen LogP contribution >= 0.6 is 11.6 Å². The van der Waals surface area contributed by atoms with Gasteiger partial charge in [-0.05, 0) is 49.3 Å². The monoisotopic (exact) mass is 416 g/mol. The molecule has 0 aliphatic carbocycles. The summed E-state index contributed by atoms with van der Waals surface area (Å²) in [4.78, 5) is 27.6. The van der Waals surface area contributed by atoms with Gasteiger partial charge in [0.15, 0.2) is 0 Å². The molecule has 3 atom stereocenters. The van der Waals surface area contributed by atoms with E-state index in [4.69, 9.17) is 11.6 Å². The zero-order valence-electron chi connectivity index (χ0n) is 16.8. The fraction of sp³-hybridized carbons (Fsp3) is 0.478. The van der Waals surface area contributed by atoms with Crippen molar-refractivity contribution >= 4 is 17.5 Å². The van der Waals surface area contributed by atoms with Crippen LogP contribution in [0.1, 0.15) is 61.1 Å². The number of carbonyl (C=O) groups excluding carboxylic acids is 1. The molecule has 1 fully saturated rings. The summed E-state index contributed by atoms with van der Waals surface area (Å²) in [7, 11) is 0. The number of halogens is 2. The Hall–Kier alpha value is -2.14. The number of benzene rings is 1. The molecule has 0 saturated carbocycles. The molecule has 154 valence electrons. The van der Waals surface area contributed by atoms with E-state index in [2.05, 4.69) is 13.8 Å². The van der Waals surface area contributed by atoms with Crippen molar-refractivity contribution in [2.75, 3.05) is 13.1 Å². The minimum Gasteiger partial charge on any atom is -0.337 e. The van der Waals surface area contributed by atoms with Crippen molar-refractivity contribution in [2.24, 2.45) is 11.8 Å². The summed E-state index contributed by atoms with van der Waals surface area (Å²) in [6, 6.07) is 9.78. The molecule has 1 amide bonds. The smallest absolute Gasteiger partial charge is 0.258 e. The maximum absolute atomic E-state index is 14.3. The lowest BCUT2D eigenvalue weighted by Crippen LogP contribution is -2.51. The van der Waals surface area contributed by atoms with E-state index in [-0.39, 0.29) is 39.9 Å². The Morgan fingerprint density at radius 1 is 1.21 bits per heavy atom. The summed E-state index contributed by atoms with van der Waals surface area (Å²) in [6.07, 6.45) is 2.86. The predicted octanol–water partition coefficient (Wildman–Crippen LogP) is 4.88. The Balaban J connectivity index is 1.69. The van der Waals surface area contributed by atoms with E-state index in [1.807, 2.05) is 10.6 Å². The summed E-state index contributed by atoms with van der Waals surface area (Å²) >= 11 is 6.15. The molecule has 0 radical (unpaired) electrons. The van der Waals surface area contributed by atoms with Gasteiger partial charge in [-0.3, -0.25) is 9.59 Å². The van der Waals surface area contributed by atoms with E-state index >= 15 is 0 Å². The van der Waals surface area contributed by atoms with Gasteiger partial charge in [0.25, 0.3) is 11.5 Å². The third kappa shape index (κ3) is 3.73. The van der Waals surface area contributed by atoms with E-state index in [0.29, 0.717) is 19.0 Å². The molecule has 1 aromatic heterocycles. The zero-order chi connectivity index (χ0) is 20.7. The summed E-state index contributed by atoms with van der Waals surface area (Å²) in [5, 5.41) is 0.138. The summed E-state index contributed by atoms with van der Waals surface area (Å²) in [5.74, 6) is -0.167. The third-order valence-electron chi connectivity index (χ3n) is 6.30. The fourth-order valence-electron chi connectivity index (χ4n) is 4.94. The predicted molar refractivity (Wildman–Crippen MR) is 112 cm³/mol. The molecule has 0 N–H and O–H groups in total. The van der Waals surface area contributed by atoms with Crippen molar-refractivity contribution in [3.05, 3.63) is 68.8 Å². The van der Waals surface area contributed by atoms with Gasteiger partial charge in [-0.25, -0.2) is 4.39 Å². The van der Waals surface area contributed by atoms with Crippen molar-refractivity contribution < 1.29 is 9.18 Å². The third-order valence-corrected chi connectivity index (χ3v) is 6.62. The molecule has 2 aliphatic heterocycles. The van der Waals surface area contributed by atoms with E-state index in [0.717, 1.165) is 25.0 Å². The van der Waals surface area contributed by atoms with Gasteiger partial charge >= 0.3 is 0 Å². The molecule has 0 unspecified atom stereocenters. The van der Waals surface area contributed by atoms with Gasteiger partial charge in [0.2, 0.25) is 0 Å². The zero-order valence-corrected chi connectivity index (χ0v) is 17.5. The van der Waals surface area contributed by atoms with E-state index < -0.39 is 5.82 Å². The van der Waals surface area contributed by atoms with Gasteiger partial charge in [-0.2, -0.15) is 0 Å². The van der Waals surface area contributed by atoms with Crippen LogP contribution in [0.5, 0.6) is 0 Å². The Bertz CT molecular complexity index is 967. The van der Waals surface area contributed by atoms with Crippen LogP contribution in [-0.4, -0.2) is 28.5 Å². The Labute approximate surface area is 175 Å². The highest BCUT2D eigenvalue weighted by Crippen LogP contribution is 2.43. The van der Waals surface area contributed by atoms with Gasteiger partial charge in [0.05, 0.1) is 10.6 Å². The van der Waals surface area contributed by atoms with Crippen molar-refractivity contribution in [3.8, 4) is 0 Å². The first-order chi connectivity index (χ1) is 13.9. The number of likely N-dealkylation sites (tertiary alicyclic amines) is 1. The molecular weight excluding hydrogens is 391 g/mol. The van der Waals surface area contributed by atoms with E-state index in [1.54, 1.807) is 23.1 Å². The lowest BCUT2D eigenvalue weighted by molar-refractivity contribution is 0.0509. The van der Waals surface area contributed by atoms with Gasteiger partial charge < -0.3 is 9.47 Å². The molecule has 1 saturated heterocycles. The Morgan fingerprint density at radius 3 is 2.69 bits per heavy atom. The van der Waals surface area contributed by atoms with Crippen LogP contribution in [0.2, 0.25) is 5.02 Å². The van der Waals surface area contributed by atoms with Crippen LogP contribution in [0.15, 0.2) is 41.2 Å². The number of pyridine rings is 1.